The zero-order valence-electron chi connectivity index (χ0n) is 11.7. The maximum absolute atomic E-state index is 13.5. The lowest BCUT2D eigenvalue weighted by Gasteiger charge is -2.13. The van der Waals surface area contributed by atoms with Gasteiger partial charge in [-0.15, -0.1) is 0 Å². The molecule has 2 N–H and O–H groups in total. The highest BCUT2D eigenvalue weighted by Crippen LogP contribution is 2.20. The van der Waals surface area contributed by atoms with Crippen LogP contribution >= 0.6 is 11.6 Å². The van der Waals surface area contributed by atoms with Gasteiger partial charge >= 0.3 is 0 Å². The molecule has 1 heterocycles. The van der Waals surface area contributed by atoms with E-state index in [1.807, 2.05) is 6.92 Å². The first kappa shape index (κ1) is 15.9. The molecule has 1 aromatic heterocycles. The number of hydrogen-bond acceptors (Lipinski definition) is 3. The summed E-state index contributed by atoms with van der Waals surface area (Å²) in [7, 11) is 1.74. The quantitative estimate of drug-likeness (QED) is 0.891. The molecule has 2 rings (SSSR count). The van der Waals surface area contributed by atoms with E-state index in [1.54, 1.807) is 11.7 Å². The van der Waals surface area contributed by atoms with E-state index in [-0.39, 0.29) is 12.1 Å². The predicted molar refractivity (Wildman–Crippen MR) is 76.0 cm³/mol. The first-order valence-corrected chi connectivity index (χ1v) is 6.79. The summed E-state index contributed by atoms with van der Waals surface area (Å²) in [4.78, 5) is 0. The third-order valence-corrected chi connectivity index (χ3v) is 3.70. The van der Waals surface area contributed by atoms with E-state index >= 15 is 0 Å². The van der Waals surface area contributed by atoms with Crippen molar-refractivity contribution in [1.82, 2.24) is 15.1 Å². The van der Waals surface area contributed by atoms with Crippen LogP contribution in [-0.2, 0) is 13.6 Å². The summed E-state index contributed by atoms with van der Waals surface area (Å²) in [6.07, 6.45) is -1.07. The fourth-order valence-electron chi connectivity index (χ4n) is 2.09. The fraction of sp³-hybridized carbons (Fsp3) is 0.357. The van der Waals surface area contributed by atoms with E-state index in [0.717, 1.165) is 23.4 Å². The van der Waals surface area contributed by atoms with E-state index in [1.165, 1.54) is 6.07 Å². The highest BCUT2D eigenvalue weighted by molar-refractivity contribution is 6.30. The molecule has 0 spiro atoms. The topological polar surface area (TPSA) is 50.1 Å². The Morgan fingerprint density at radius 2 is 2.14 bits per heavy atom. The molecule has 0 aliphatic heterocycles. The number of rotatable bonds is 5. The minimum Gasteiger partial charge on any atom is -0.387 e. The van der Waals surface area contributed by atoms with Crippen molar-refractivity contribution in [2.75, 3.05) is 6.54 Å². The molecule has 0 aliphatic rings. The van der Waals surface area contributed by atoms with E-state index < -0.39 is 17.7 Å². The van der Waals surface area contributed by atoms with E-state index in [2.05, 4.69) is 10.4 Å². The summed E-state index contributed by atoms with van der Waals surface area (Å²) < 4.78 is 27.9. The Kier molecular flexibility index (Phi) is 4.92. The van der Waals surface area contributed by atoms with Crippen LogP contribution in [0.1, 0.15) is 22.9 Å². The summed E-state index contributed by atoms with van der Waals surface area (Å²) in [5.74, 6) is -1.44. The van der Waals surface area contributed by atoms with Gasteiger partial charge in [-0.1, -0.05) is 17.7 Å². The minimum atomic E-state index is -1.07. The number of halogens is 3. The second-order valence-corrected chi connectivity index (χ2v) is 5.15. The molecule has 0 bridgehead atoms. The van der Waals surface area contributed by atoms with Gasteiger partial charge in [0.25, 0.3) is 0 Å². The van der Waals surface area contributed by atoms with Crippen molar-refractivity contribution in [2.24, 2.45) is 7.05 Å². The number of hydrogen-bond donors (Lipinski definition) is 2. The van der Waals surface area contributed by atoms with Crippen LogP contribution in [0.3, 0.4) is 0 Å². The molecule has 21 heavy (non-hydrogen) atoms. The summed E-state index contributed by atoms with van der Waals surface area (Å²) in [5, 5.41) is 17.6. The number of aromatic nitrogens is 2. The number of aryl methyl sites for hydroxylation is 2. The monoisotopic (exact) mass is 315 g/mol. The normalized spacial score (nSPS) is 12.7. The van der Waals surface area contributed by atoms with Gasteiger partial charge in [0.05, 0.1) is 11.8 Å². The standard InChI is InChI=1S/C14H16ClF2N3O/c1-8-11(14(15)20(2)19-8)6-18-7-13(21)10-4-3-9(16)5-12(10)17/h3-5,13,18,21H,6-7H2,1-2H3/t13-/m0/s1. The fourth-order valence-corrected chi connectivity index (χ4v) is 2.33. The molecule has 0 aliphatic carbocycles. The van der Waals surface area contributed by atoms with E-state index in [4.69, 9.17) is 11.6 Å². The SMILES string of the molecule is Cc1nn(C)c(Cl)c1CNC[C@H](O)c1ccc(F)cc1F. The maximum atomic E-state index is 13.5. The first-order valence-electron chi connectivity index (χ1n) is 6.42. The van der Waals surface area contributed by atoms with Gasteiger partial charge in [0, 0.05) is 37.3 Å². The van der Waals surface area contributed by atoms with Gasteiger partial charge in [-0.2, -0.15) is 5.10 Å². The van der Waals surface area contributed by atoms with E-state index in [9.17, 15) is 13.9 Å². The number of nitrogens with one attached hydrogen (secondary N) is 1. The molecule has 0 saturated carbocycles. The van der Waals surface area contributed by atoms with Gasteiger partial charge in [0.2, 0.25) is 0 Å². The van der Waals surface area contributed by atoms with Crippen LogP contribution in [0.5, 0.6) is 0 Å². The Balaban J connectivity index is 1.97. The summed E-state index contributed by atoms with van der Waals surface area (Å²) >= 11 is 6.09. The lowest BCUT2D eigenvalue weighted by Crippen LogP contribution is -2.22. The Bertz CT molecular complexity index is 645. The Hall–Kier alpha value is -1.50. The Morgan fingerprint density at radius 3 is 2.71 bits per heavy atom. The predicted octanol–water partition coefficient (Wildman–Crippen LogP) is 2.48. The van der Waals surface area contributed by atoms with Crippen molar-refractivity contribution >= 4 is 11.6 Å². The van der Waals surface area contributed by atoms with Gasteiger partial charge in [0.15, 0.2) is 0 Å². The third-order valence-electron chi connectivity index (χ3n) is 3.23. The average Bonchev–Trinajstić information content (AvgIpc) is 2.64. The molecule has 1 aromatic carbocycles. The highest BCUT2D eigenvalue weighted by Gasteiger charge is 2.15. The van der Waals surface area contributed by atoms with Crippen molar-refractivity contribution in [3.8, 4) is 0 Å². The Morgan fingerprint density at radius 1 is 1.43 bits per heavy atom. The van der Waals surface area contributed by atoms with Gasteiger partial charge in [-0.25, -0.2) is 8.78 Å². The van der Waals surface area contributed by atoms with Gasteiger partial charge in [0.1, 0.15) is 16.8 Å². The largest absolute Gasteiger partial charge is 0.387 e. The highest BCUT2D eigenvalue weighted by atomic mass is 35.5. The van der Waals surface area contributed by atoms with E-state index in [0.29, 0.717) is 11.7 Å². The molecule has 0 radical (unpaired) electrons. The first-order chi connectivity index (χ1) is 9.90. The lowest BCUT2D eigenvalue weighted by atomic mass is 10.1. The van der Waals surface area contributed by atoms with Crippen LogP contribution in [0.4, 0.5) is 8.78 Å². The van der Waals surface area contributed by atoms with Crippen LogP contribution in [0, 0.1) is 18.6 Å². The van der Waals surface area contributed by atoms with Crippen molar-refractivity contribution in [1.29, 1.82) is 0 Å². The third kappa shape index (κ3) is 3.58. The van der Waals surface area contributed by atoms with Crippen LogP contribution in [0.25, 0.3) is 0 Å². The number of aliphatic hydroxyl groups is 1. The van der Waals surface area contributed by atoms with Crippen molar-refractivity contribution in [3.63, 3.8) is 0 Å². The van der Waals surface area contributed by atoms with Crippen molar-refractivity contribution < 1.29 is 13.9 Å². The molecule has 0 saturated heterocycles. The molecule has 2 aromatic rings. The molecule has 0 amide bonds. The molecule has 114 valence electrons. The van der Waals surface area contributed by atoms with Crippen LogP contribution in [0.15, 0.2) is 18.2 Å². The molecule has 4 nitrogen and oxygen atoms in total. The molecular weight excluding hydrogens is 300 g/mol. The van der Waals surface area contributed by atoms with Gasteiger partial charge in [-0.3, -0.25) is 4.68 Å². The number of aliphatic hydroxyl groups excluding tert-OH is 1. The second kappa shape index (κ2) is 6.51. The molecule has 0 unspecified atom stereocenters. The number of benzene rings is 1. The van der Waals surface area contributed by atoms with Crippen molar-refractivity contribution in [2.45, 2.75) is 19.6 Å². The molecule has 1 atom stereocenters. The minimum absolute atomic E-state index is 0.0536. The van der Waals surface area contributed by atoms with Gasteiger partial charge < -0.3 is 10.4 Å². The average molecular weight is 316 g/mol. The maximum Gasteiger partial charge on any atom is 0.131 e. The Labute approximate surface area is 126 Å². The lowest BCUT2D eigenvalue weighted by molar-refractivity contribution is 0.169. The summed E-state index contributed by atoms with van der Waals surface area (Å²) in [5.41, 5.74) is 1.67. The second-order valence-electron chi connectivity index (χ2n) is 4.79. The van der Waals surface area contributed by atoms with Crippen LogP contribution in [0.2, 0.25) is 5.15 Å². The molecular formula is C14H16ClF2N3O. The van der Waals surface area contributed by atoms with Crippen LogP contribution < -0.4 is 5.32 Å². The smallest absolute Gasteiger partial charge is 0.131 e. The summed E-state index contributed by atoms with van der Waals surface area (Å²) in [6, 6.07) is 3.10. The number of nitrogens with zero attached hydrogens (tertiary/aromatic N) is 2. The zero-order chi connectivity index (χ0) is 15.6. The van der Waals surface area contributed by atoms with Crippen molar-refractivity contribution in [3.05, 3.63) is 51.8 Å². The molecule has 0 fully saturated rings. The van der Waals surface area contributed by atoms with Gasteiger partial charge in [-0.05, 0) is 13.0 Å². The zero-order valence-corrected chi connectivity index (χ0v) is 12.5. The summed E-state index contributed by atoms with van der Waals surface area (Å²) in [6.45, 7) is 2.35. The van der Waals surface area contributed by atoms with Crippen LogP contribution in [-0.4, -0.2) is 21.4 Å². The molecule has 7 heteroatoms.